The predicted molar refractivity (Wildman–Crippen MR) is 77.1 cm³/mol. The number of halogens is 1. The van der Waals surface area contributed by atoms with Crippen molar-refractivity contribution in [1.29, 1.82) is 0 Å². The minimum absolute atomic E-state index is 0.291. The van der Waals surface area contributed by atoms with Crippen molar-refractivity contribution in [3.8, 4) is 0 Å². The highest BCUT2D eigenvalue weighted by molar-refractivity contribution is 7.98. The highest BCUT2D eigenvalue weighted by Gasteiger charge is 2.07. The molecule has 2 rings (SSSR count). The first kappa shape index (κ1) is 13.4. The Balaban J connectivity index is 2.10. The van der Waals surface area contributed by atoms with E-state index >= 15 is 0 Å². The molecular formula is C14H15ClN2S. The molecule has 0 radical (unpaired) electrons. The summed E-state index contributed by atoms with van der Waals surface area (Å²) >= 11 is 7.70. The second-order valence-corrected chi connectivity index (χ2v) is 5.70. The molecule has 0 bridgehead atoms. The lowest BCUT2D eigenvalue weighted by atomic mass is 10.2. The number of nitrogens with zero attached hydrogens (tertiary/aromatic N) is 2. The molecule has 0 unspecified atom stereocenters. The van der Waals surface area contributed by atoms with Gasteiger partial charge in [-0.3, -0.25) is 0 Å². The number of rotatable bonds is 4. The summed E-state index contributed by atoms with van der Waals surface area (Å²) in [5.74, 6) is 1.99. The zero-order valence-corrected chi connectivity index (χ0v) is 12.0. The van der Waals surface area contributed by atoms with E-state index in [0.717, 1.165) is 16.6 Å². The van der Waals surface area contributed by atoms with Crippen LogP contribution in [0.2, 0.25) is 5.15 Å². The lowest BCUT2D eigenvalue weighted by Crippen LogP contribution is -1.98. The Bertz CT molecular complexity index is 514. The fraction of sp³-hybridized carbons (Fsp3) is 0.286. The molecule has 94 valence electrons. The van der Waals surface area contributed by atoms with Crippen LogP contribution in [0.4, 0.5) is 0 Å². The van der Waals surface area contributed by atoms with Gasteiger partial charge in [-0.1, -0.05) is 55.8 Å². The highest BCUT2D eigenvalue weighted by atomic mass is 35.5. The van der Waals surface area contributed by atoms with Gasteiger partial charge in [-0.05, 0) is 5.56 Å². The summed E-state index contributed by atoms with van der Waals surface area (Å²) in [6.07, 6.45) is 0. The molecule has 1 aromatic carbocycles. The molecule has 0 aliphatic rings. The topological polar surface area (TPSA) is 25.8 Å². The van der Waals surface area contributed by atoms with Crippen LogP contribution in [-0.4, -0.2) is 9.97 Å². The van der Waals surface area contributed by atoms with E-state index in [2.05, 4.69) is 35.9 Å². The van der Waals surface area contributed by atoms with Crippen LogP contribution in [0.25, 0.3) is 0 Å². The average Bonchev–Trinajstić information content (AvgIpc) is 2.37. The van der Waals surface area contributed by atoms with Crippen molar-refractivity contribution in [2.45, 2.75) is 30.5 Å². The summed E-state index contributed by atoms with van der Waals surface area (Å²) in [6, 6.07) is 12.1. The Kier molecular flexibility index (Phi) is 4.61. The molecule has 0 N–H and O–H groups in total. The van der Waals surface area contributed by atoms with Crippen LogP contribution in [0.5, 0.6) is 0 Å². The van der Waals surface area contributed by atoms with E-state index in [1.807, 2.05) is 24.3 Å². The van der Waals surface area contributed by atoms with E-state index in [1.165, 1.54) is 5.56 Å². The van der Waals surface area contributed by atoms with Crippen LogP contribution in [0.1, 0.15) is 31.2 Å². The Labute approximate surface area is 117 Å². The van der Waals surface area contributed by atoms with Crippen molar-refractivity contribution in [2.24, 2.45) is 0 Å². The van der Waals surface area contributed by atoms with Gasteiger partial charge in [-0.15, -0.1) is 11.8 Å². The van der Waals surface area contributed by atoms with E-state index in [0.29, 0.717) is 11.1 Å². The van der Waals surface area contributed by atoms with E-state index < -0.39 is 0 Å². The van der Waals surface area contributed by atoms with Crippen molar-refractivity contribution in [3.63, 3.8) is 0 Å². The molecule has 2 nitrogen and oxygen atoms in total. The van der Waals surface area contributed by atoms with Gasteiger partial charge in [0.2, 0.25) is 0 Å². The van der Waals surface area contributed by atoms with Crippen LogP contribution in [-0.2, 0) is 5.75 Å². The number of benzene rings is 1. The standard InChI is InChI=1S/C14H15ClN2S/c1-10(2)14-16-12(15)8-13(17-14)18-9-11-6-4-3-5-7-11/h3-8,10H,9H2,1-2H3. The third kappa shape index (κ3) is 3.72. The summed E-state index contributed by atoms with van der Waals surface area (Å²) in [5, 5.41) is 1.45. The maximum absolute atomic E-state index is 6.01. The van der Waals surface area contributed by atoms with Crippen LogP contribution in [0, 0.1) is 0 Å². The molecule has 4 heteroatoms. The molecule has 18 heavy (non-hydrogen) atoms. The molecular weight excluding hydrogens is 264 g/mol. The SMILES string of the molecule is CC(C)c1nc(Cl)cc(SCc2ccccc2)n1. The Morgan fingerprint density at radius 1 is 1.17 bits per heavy atom. The van der Waals surface area contributed by atoms with Crippen molar-refractivity contribution in [3.05, 3.63) is 52.9 Å². The quantitative estimate of drug-likeness (QED) is 0.606. The normalized spacial score (nSPS) is 10.9. The summed E-state index contributed by atoms with van der Waals surface area (Å²) in [6.45, 7) is 4.13. The van der Waals surface area contributed by atoms with Crippen LogP contribution < -0.4 is 0 Å². The molecule has 0 fully saturated rings. The van der Waals surface area contributed by atoms with Crippen LogP contribution >= 0.6 is 23.4 Å². The number of aromatic nitrogens is 2. The fourth-order valence-electron chi connectivity index (χ4n) is 1.48. The number of hydrogen-bond acceptors (Lipinski definition) is 3. The van der Waals surface area contributed by atoms with Crippen molar-refractivity contribution < 1.29 is 0 Å². The zero-order chi connectivity index (χ0) is 13.0. The van der Waals surface area contributed by atoms with Gasteiger partial charge in [0.15, 0.2) is 0 Å². The first-order valence-corrected chi connectivity index (χ1v) is 7.22. The molecule has 0 spiro atoms. The van der Waals surface area contributed by atoms with Gasteiger partial charge in [-0.2, -0.15) is 0 Å². The number of thioether (sulfide) groups is 1. The fourth-order valence-corrected chi connectivity index (χ4v) is 2.59. The summed E-state index contributed by atoms with van der Waals surface area (Å²) in [4.78, 5) is 8.74. The van der Waals surface area contributed by atoms with E-state index in [-0.39, 0.29) is 0 Å². The molecule has 0 saturated heterocycles. The Morgan fingerprint density at radius 2 is 1.89 bits per heavy atom. The van der Waals surface area contributed by atoms with E-state index in [4.69, 9.17) is 11.6 Å². The van der Waals surface area contributed by atoms with E-state index in [9.17, 15) is 0 Å². The van der Waals surface area contributed by atoms with Gasteiger partial charge in [0.25, 0.3) is 0 Å². The minimum Gasteiger partial charge on any atom is -0.226 e. The first-order chi connectivity index (χ1) is 8.65. The monoisotopic (exact) mass is 278 g/mol. The van der Waals surface area contributed by atoms with Crippen molar-refractivity contribution >= 4 is 23.4 Å². The summed E-state index contributed by atoms with van der Waals surface area (Å²) in [5.41, 5.74) is 1.28. The molecule has 0 saturated carbocycles. The molecule has 0 aliphatic carbocycles. The van der Waals surface area contributed by atoms with Crippen LogP contribution in [0.15, 0.2) is 41.4 Å². The maximum atomic E-state index is 6.01. The molecule has 2 aromatic rings. The minimum atomic E-state index is 0.291. The van der Waals surface area contributed by atoms with Gasteiger partial charge in [0.05, 0.1) is 0 Å². The van der Waals surface area contributed by atoms with Gasteiger partial charge in [0, 0.05) is 17.7 Å². The maximum Gasteiger partial charge on any atom is 0.133 e. The van der Waals surface area contributed by atoms with Gasteiger partial charge in [-0.25, -0.2) is 9.97 Å². The Morgan fingerprint density at radius 3 is 2.56 bits per heavy atom. The lowest BCUT2D eigenvalue weighted by molar-refractivity contribution is 0.753. The lowest BCUT2D eigenvalue weighted by Gasteiger charge is -2.07. The van der Waals surface area contributed by atoms with Gasteiger partial charge >= 0.3 is 0 Å². The highest BCUT2D eigenvalue weighted by Crippen LogP contribution is 2.24. The van der Waals surface area contributed by atoms with Crippen molar-refractivity contribution in [1.82, 2.24) is 9.97 Å². The predicted octanol–water partition coefficient (Wildman–Crippen LogP) is 4.55. The largest absolute Gasteiger partial charge is 0.226 e. The third-order valence-electron chi connectivity index (χ3n) is 2.43. The van der Waals surface area contributed by atoms with E-state index in [1.54, 1.807) is 11.8 Å². The Hall–Kier alpha value is -1.06. The number of hydrogen-bond donors (Lipinski definition) is 0. The second kappa shape index (κ2) is 6.21. The third-order valence-corrected chi connectivity index (χ3v) is 3.61. The van der Waals surface area contributed by atoms with Crippen LogP contribution in [0.3, 0.4) is 0 Å². The summed E-state index contributed by atoms with van der Waals surface area (Å²) in [7, 11) is 0. The molecule has 1 heterocycles. The molecule has 0 aliphatic heterocycles. The first-order valence-electron chi connectivity index (χ1n) is 5.86. The van der Waals surface area contributed by atoms with Gasteiger partial charge < -0.3 is 0 Å². The summed E-state index contributed by atoms with van der Waals surface area (Å²) < 4.78 is 0. The molecule has 0 atom stereocenters. The smallest absolute Gasteiger partial charge is 0.133 e. The molecule has 0 amide bonds. The zero-order valence-electron chi connectivity index (χ0n) is 10.4. The van der Waals surface area contributed by atoms with Crippen molar-refractivity contribution in [2.75, 3.05) is 0 Å². The van der Waals surface area contributed by atoms with Gasteiger partial charge in [0.1, 0.15) is 16.0 Å². The average molecular weight is 279 g/mol. The second-order valence-electron chi connectivity index (χ2n) is 4.32. The molecule has 1 aromatic heterocycles.